The van der Waals surface area contributed by atoms with Gasteiger partial charge in [-0.25, -0.2) is 9.69 Å². The van der Waals surface area contributed by atoms with E-state index in [0.29, 0.717) is 38.5 Å². The van der Waals surface area contributed by atoms with Crippen LogP contribution in [0.15, 0.2) is 24.3 Å². The molecule has 0 radical (unpaired) electrons. The van der Waals surface area contributed by atoms with Gasteiger partial charge in [-0.05, 0) is 25.5 Å². The fourth-order valence-electron chi connectivity index (χ4n) is 3.56. The summed E-state index contributed by atoms with van der Waals surface area (Å²) < 4.78 is 5.02. The van der Waals surface area contributed by atoms with Gasteiger partial charge in [0.25, 0.3) is 5.91 Å². The number of carbonyl (C=O) groups excluding carboxylic acids is 3. The van der Waals surface area contributed by atoms with E-state index in [1.54, 1.807) is 11.8 Å². The molecule has 3 rings (SSSR count). The number of nitrogens with zero attached hydrogens (tertiary/aromatic N) is 2. The Hall–Kier alpha value is -2.41. The molecule has 0 unspecified atom stereocenters. The highest BCUT2D eigenvalue weighted by Gasteiger charge is 2.47. The minimum atomic E-state index is -0.364. The van der Waals surface area contributed by atoms with Crippen LogP contribution in [-0.4, -0.2) is 61.6 Å². The van der Waals surface area contributed by atoms with Gasteiger partial charge in [-0.2, -0.15) is 0 Å². The molecule has 0 bridgehead atoms. The minimum Gasteiger partial charge on any atom is -0.450 e. The number of piperazine rings is 1. The third-order valence-electron chi connectivity index (χ3n) is 4.93. The van der Waals surface area contributed by atoms with E-state index in [-0.39, 0.29) is 30.4 Å². The van der Waals surface area contributed by atoms with Crippen molar-refractivity contribution in [1.29, 1.82) is 0 Å². The normalized spacial score (nSPS) is 21.8. The van der Waals surface area contributed by atoms with E-state index in [2.05, 4.69) is 0 Å². The van der Waals surface area contributed by atoms with Crippen LogP contribution < -0.4 is 9.80 Å². The molecule has 1 atom stereocenters. The predicted molar refractivity (Wildman–Crippen MR) is 91.4 cm³/mol. The van der Waals surface area contributed by atoms with Gasteiger partial charge in [0, 0.05) is 0 Å². The lowest BCUT2D eigenvalue weighted by Crippen LogP contribution is -3.19. The third kappa shape index (κ3) is 3.37. The van der Waals surface area contributed by atoms with Crippen LogP contribution in [0, 0.1) is 6.92 Å². The molecule has 2 heterocycles. The van der Waals surface area contributed by atoms with E-state index in [1.807, 2.05) is 31.2 Å². The number of aryl methyl sites for hydroxylation is 1. The molecule has 7 nitrogen and oxygen atoms in total. The van der Waals surface area contributed by atoms with E-state index < -0.39 is 0 Å². The SMILES string of the molecule is CCOC(=O)N1CC[NH+]([C@@H]2CC(=O)N(c3ccccc3C)C2=O)CC1. The average Bonchev–Trinajstić information content (AvgIpc) is 2.90. The third-order valence-corrected chi connectivity index (χ3v) is 4.93. The van der Waals surface area contributed by atoms with Gasteiger partial charge in [0.2, 0.25) is 5.91 Å². The number of anilines is 1. The lowest BCUT2D eigenvalue weighted by molar-refractivity contribution is -0.918. The number of benzene rings is 1. The highest BCUT2D eigenvalue weighted by atomic mass is 16.6. The zero-order valence-corrected chi connectivity index (χ0v) is 14.7. The maximum absolute atomic E-state index is 12.9. The molecule has 2 saturated heterocycles. The summed E-state index contributed by atoms with van der Waals surface area (Å²) in [6, 6.07) is 7.06. The average molecular weight is 346 g/mol. The number of ether oxygens (including phenoxy) is 1. The van der Waals surface area contributed by atoms with Crippen molar-refractivity contribution in [3.05, 3.63) is 29.8 Å². The van der Waals surface area contributed by atoms with E-state index in [0.717, 1.165) is 10.5 Å². The second-order valence-electron chi connectivity index (χ2n) is 6.45. The molecule has 0 saturated carbocycles. The lowest BCUT2D eigenvalue weighted by Gasteiger charge is -2.33. The zero-order valence-electron chi connectivity index (χ0n) is 14.7. The van der Waals surface area contributed by atoms with E-state index in [9.17, 15) is 14.4 Å². The number of nitrogens with one attached hydrogen (secondary N) is 1. The molecule has 0 aromatic heterocycles. The molecule has 134 valence electrons. The van der Waals surface area contributed by atoms with E-state index >= 15 is 0 Å². The number of carbonyl (C=O) groups is 3. The summed E-state index contributed by atoms with van der Waals surface area (Å²) >= 11 is 0. The van der Waals surface area contributed by atoms with Crippen molar-refractivity contribution in [3.63, 3.8) is 0 Å². The first-order chi connectivity index (χ1) is 12.0. The first-order valence-corrected chi connectivity index (χ1v) is 8.71. The Labute approximate surface area is 147 Å². The van der Waals surface area contributed by atoms with Crippen molar-refractivity contribution in [2.45, 2.75) is 26.3 Å². The zero-order chi connectivity index (χ0) is 18.0. The molecule has 2 aliphatic heterocycles. The molecule has 1 aromatic carbocycles. The number of hydrogen-bond donors (Lipinski definition) is 1. The van der Waals surface area contributed by atoms with Crippen LogP contribution in [0.25, 0.3) is 0 Å². The minimum absolute atomic E-state index is 0.140. The highest BCUT2D eigenvalue weighted by molar-refractivity contribution is 6.22. The Balaban J connectivity index is 1.67. The molecular weight excluding hydrogens is 322 g/mol. The second kappa shape index (κ2) is 7.23. The number of quaternary nitrogens is 1. The number of rotatable bonds is 3. The first-order valence-electron chi connectivity index (χ1n) is 8.71. The van der Waals surface area contributed by atoms with Crippen molar-refractivity contribution in [3.8, 4) is 0 Å². The van der Waals surface area contributed by atoms with Crippen molar-refractivity contribution < 1.29 is 24.0 Å². The second-order valence-corrected chi connectivity index (χ2v) is 6.45. The maximum atomic E-state index is 12.9. The topological polar surface area (TPSA) is 71.4 Å². The molecule has 1 aromatic rings. The standard InChI is InChI=1S/C18H23N3O4/c1-3-25-18(24)20-10-8-19(9-11-20)15-12-16(22)21(17(15)23)14-7-5-4-6-13(14)2/h4-7,15H,3,8-12H2,1-2H3/p+1/t15-/m1/s1. The van der Waals surface area contributed by atoms with E-state index in [1.165, 1.54) is 4.90 Å². The maximum Gasteiger partial charge on any atom is 0.410 e. The molecule has 0 aliphatic carbocycles. The Morgan fingerprint density at radius 2 is 1.92 bits per heavy atom. The molecule has 25 heavy (non-hydrogen) atoms. The number of hydrogen-bond acceptors (Lipinski definition) is 4. The van der Waals surface area contributed by atoms with Crippen LogP contribution in [0.3, 0.4) is 0 Å². The Morgan fingerprint density at radius 1 is 1.24 bits per heavy atom. The van der Waals surface area contributed by atoms with Gasteiger partial charge in [0.05, 0.1) is 44.9 Å². The fourth-order valence-corrected chi connectivity index (χ4v) is 3.56. The summed E-state index contributed by atoms with van der Waals surface area (Å²) in [7, 11) is 0. The van der Waals surface area contributed by atoms with Crippen LogP contribution in [0.5, 0.6) is 0 Å². The van der Waals surface area contributed by atoms with Crippen LogP contribution in [0.1, 0.15) is 18.9 Å². The lowest BCUT2D eigenvalue weighted by atomic mass is 10.1. The largest absolute Gasteiger partial charge is 0.450 e. The molecule has 1 N–H and O–H groups in total. The van der Waals surface area contributed by atoms with Gasteiger partial charge in [0.1, 0.15) is 0 Å². The van der Waals surface area contributed by atoms with Crippen LogP contribution in [0.2, 0.25) is 0 Å². The van der Waals surface area contributed by atoms with E-state index in [4.69, 9.17) is 4.74 Å². The van der Waals surface area contributed by atoms with Crippen molar-refractivity contribution >= 4 is 23.6 Å². The number of amides is 3. The summed E-state index contributed by atoms with van der Waals surface area (Å²) in [6.45, 7) is 6.39. The Morgan fingerprint density at radius 3 is 2.56 bits per heavy atom. The molecular formula is C18H24N3O4+. The summed E-state index contributed by atoms with van der Waals surface area (Å²) in [5.41, 5.74) is 1.58. The van der Waals surface area contributed by atoms with Gasteiger partial charge < -0.3 is 9.64 Å². The molecule has 2 fully saturated rings. The molecule has 3 amide bonds. The Kier molecular flexibility index (Phi) is 5.03. The molecule has 0 spiro atoms. The van der Waals surface area contributed by atoms with Crippen LogP contribution in [0.4, 0.5) is 10.5 Å². The first kappa shape index (κ1) is 17.4. The van der Waals surface area contributed by atoms with Crippen LogP contribution in [-0.2, 0) is 14.3 Å². The smallest absolute Gasteiger partial charge is 0.410 e. The summed E-state index contributed by atoms with van der Waals surface area (Å²) in [5, 5.41) is 0. The Bertz CT molecular complexity index is 683. The number of para-hydroxylation sites is 1. The van der Waals surface area contributed by atoms with Crippen molar-refractivity contribution in [2.24, 2.45) is 0 Å². The fraction of sp³-hybridized carbons (Fsp3) is 0.500. The summed E-state index contributed by atoms with van der Waals surface area (Å²) in [6.07, 6.45) is -0.0843. The monoisotopic (exact) mass is 346 g/mol. The summed E-state index contributed by atoms with van der Waals surface area (Å²) in [5.74, 6) is -0.288. The number of imide groups is 1. The van der Waals surface area contributed by atoms with Crippen LogP contribution >= 0.6 is 0 Å². The van der Waals surface area contributed by atoms with Gasteiger partial charge in [-0.15, -0.1) is 0 Å². The predicted octanol–water partition coefficient (Wildman–Crippen LogP) is -0.0161. The van der Waals surface area contributed by atoms with Crippen molar-refractivity contribution in [1.82, 2.24) is 4.90 Å². The molecule has 7 heteroatoms. The van der Waals surface area contributed by atoms with Gasteiger partial charge >= 0.3 is 6.09 Å². The van der Waals surface area contributed by atoms with Gasteiger partial charge in [-0.1, -0.05) is 18.2 Å². The summed E-state index contributed by atoms with van der Waals surface area (Å²) in [4.78, 5) is 41.2. The van der Waals surface area contributed by atoms with Gasteiger partial charge in [-0.3, -0.25) is 14.5 Å². The van der Waals surface area contributed by atoms with Gasteiger partial charge in [0.15, 0.2) is 6.04 Å². The highest BCUT2D eigenvalue weighted by Crippen LogP contribution is 2.25. The van der Waals surface area contributed by atoms with Crippen molar-refractivity contribution in [2.75, 3.05) is 37.7 Å². The quantitative estimate of drug-likeness (QED) is 0.781. The molecule has 2 aliphatic rings.